The highest BCUT2D eigenvalue weighted by molar-refractivity contribution is 5.90. The van der Waals surface area contributed by atoms with E-state index in [4.69, 9.17) is 5.41 Å². The van der Waals surface area contributed by atoms with Crippen LogP contribution in [0.15, 0.2) is 48.7 Å². The maximum Gasteiger partial charge on any atom is 0.127 e. The zero-order chi connectivity index (χ0) is 16.8. The summed E-state index contributed by atoms with van der Waals surface area (Å²) in [6.07, 6.45) is 5.15. The van der Waals surface area contributed by atoms with Crippen molar-refractivity contribution in [2.45, 2.75) is 33.6 Å². The average Bonchev–Trinajstić information content (AvgIpc) is 2.51. The fourth-order valence-corrected chi connectivity index (χ4v) is 2.41. The van der Waals surface area contributed by atoms with E-state index in [-0.39, 0.29) is 5.82 Å². The number of anilines is 1. The van der Waals surface area contributed by atoms with Gasteiger partial charge in [-0.2, -0.15) is 0 Å². The van der Waals surface area contributed by atoms with Crippen LogP contribution in [0.4, 0.5) is 10.1 Å². The molecule has 0 atom stereocenters. The molecule has 3 heteroatoms. The third kappa shape index (κ3) is 4.52. The van der Waals surface area contributed by atoms with Gasteiger partial charge in [-0.25, -0.2) is 4.39 Å². The molecule has 0 amide bonds. The van der Waals surface area contributed by atoms with E-state index in [0.29, 0.717) is 5.71 Å². The molecule has 0 saturated carbocycles. The molecule has 2 aromatic rings. The minimum atomic E-state index is -0.140. The second-order valence-electron chi connectivity index (χ2n) is 5.75. The number of rotatable bonds is 6. The van der Waals surface area contributed by atoms with Crippen LogP contribution in [-0.4, -0.2) is 5.71 Å². The Bertz CT molecular complexity index is 732. The fraction of sp³-hybridized carbons (Fsp3) is 0.250. The van der Waals surface area contributed by atoms with E-state index >= 15 is 0 Å². The average molecular weight is 310 g/mol. The smallest absolute Gasteiger partial charge is 0.127 e. The first-order chi connectivity index (χ1) is 11.0. The van der Waals surface area contributed by atoms with Gasteiger partial charge in [-0.3, -0.25) is 0 Å². The summed E-state index contributed by atoms with van der Waals surface area (Å²) in [5.74, 6) is -0.140. The van der Waals surface area contributed by atoms with Gasteiger partial charge in [0.25, 0.3) is 0 Å². The lowest BCUT2D eigenvalue weighted by Gasteiger charge is -2.10. The lowest BCUT2D eigenvalue weighted by molar-refractivity contribution is 0.608. The molecule has 0 bridgehead atoms. The van der Waals surface area contributed by atoms with E-state index in [1.165, 1.54) is 0 Å². The van der Waals surface area contributed by atoms with E-state index in [1.54, 1.807) is 25.3 Å². The van der Waals surface area contributed by atoms with Gasteiger partial charge in [0.15, 0.2) is 0 Å². The van der Waals surface area contributed by atoms with Gasteiger partial charge >= 0.3 is 0 Å². The molecule has 0 saturated heterocycles. The standard InChI is InChI=1S/C20H23FN2/c1-4-5-16-8-9-17(12-19(16)21)18-7-6-14(2)20(13-18)23-11-10-15(3)22/h6-13,22-23H,4-5H2,1-3H3/b11-10-,22-15?. The number of hydrogen-bond acceptors (Lipinski definition) is 2. The lowest BCUT2D eigenvalue weighted by atomic mass is 10.00. The molecule has 0 aromatic heterocycles. The Morgan fingerprint density at radius 1 is 1.17 bits per heavy atom. The van der Waals surface area contributed by atoms with Gasteiger partial charge in [-0.05, 0) is 60.7 Å². The molecule has 2 aromatic carbocycles. The van der Waals surface area contributed by atoms with Crippen LogP contribution in [-0.2, 0) is 6.42 Å². The third-order valence-electron chi connectivity index (χ3n) is 3.72. The van der Waals surface area contributed by atoms with Crippen LogP contribution in [0.5, 0.6) is 0 Å². The van der Waals surface area contributed by atoms with Crippen molar-refractivity contribution in [2.75, 3.05) is 5.32 Å². The minimum Gasteiger partial charge on any atom is -0.361 e. The molecule has 0 radical (unpaired) electrons. The van der Waals surface area contributed by atoms with Crippen LogP contribution in [0.1, 0.15) is 31.4 Å². The summed E-state index contributed by atoms with van der Waals surface area (Å²) in [6, 6.07) is 11.5. The predicted molar refractivity (Wildman–Crippen MR) is 96.7 cm³/mol. The first-order valence-corrected chi connectivity index (χ1v) is 7.89. The molecule has 0 aliphatic heterocycles. The molecule has 2 nitrogen and oxygen atoms in total. The molecule has 0 heterocycles. The Morgan fingerprint density at radius 3 is 2.52 bits per heavy atom. The Morgan fingerprint density at radius 2 is 1.87 bits per heavy atom. The van der Waals surface area contributed by atoms with E-state index in [1.807, 2.05) is 37.3 Å². The van der Waals surface area contributed by atoms with Crippen molar-refractivity contribution in [3.8, 4) is 11.1 Å². The van der Waals surface area contributed by atoms with Crippen molar-refractivity contribution in [3.05, 3.63) is 65.6 Å². The highest BCUT2D eigenvalue weighted by atomic mass is 19.1. The number of halogens is 1. The normalized spacial score (nSPS) is 11.0. The van der Waals surface area contributed by atoms with E-state index in [9.17, 15) is 4.39 Å². The van der Waals surface area contributed by atoms with Gasteiger partial charge in [0.05, 0.1) is 0 Å². The molecule has 2 rings (SSSR count). The third-order valence-corrected chi connectivity index (χ3v) is 3.72. The summed E-state index contributed by atoms with van der Waals surface area (Å²) in [4.78, 5) is 0. The molecule has 120 valence electrons. The van der Waals surface area contributed by atoms with E-state index in [2.05, 4.69) is 12.2 Å². The highest BCUT2D eigenvalue weighted by Gasteiger charge is 2.06. The van der Waals surface area contributed by atoms with Crippen molar-refractivity contribution in [1.82, 2.24) is 0 Å². The predicted octanol–water partition coefficient (Wildman–Crippen LogP) is 5.72. The quantitative estimate of drug-likeness (QED) is 0.658. The van der Waals surface area contributed by atoms with Crippen molar-refractivity contribution in [2.24, 2.45) is 0 Å². The van der Waals surface area contributed by atoms with Gasteiger partial charge in [-0.1, -0.05) is 37.6 Å². The molecule has 2 N–H and O–H groups in total. The summed E-state index contributed by atoms with van der Waals surface area (Å²) in [5, 5.41) is 10.6. The number of benzene rings is 2. The fourth-order valence-electron chi connectivity index (χ4n) is 2.41. The van der Waals surface area contributed by atoms with Gasteiger partial charge < -0.3 is 10.7 Å². The molecule has 0 unspecified atom stereocenters. The van der Waals surface area contributed by atoms with Crippen molar-refractivity contribution in [3.63, 3.8) is 0 Å². The largest absolute Gasteiger partial charge is 0.361 e. The molecule has 23 heavy (non-hydrogen) atoms. The highest BCUT2D eigenvalue weighted by Crippen LogP contribution is 2.27. The molecular weight excluding hydrogens is 287 g/mol. The Kier molecular flexibility index (Phi) is 5.69. The zero-order valence-electron chi connectivity index (χ0n) is 13.9. The maximum absolute atomic E-state index is 14.1. The van der Waals surface area contributed by atoms with E-state index < -0.39 is 0 Å². The summed E-state index contributed by atoms with van der Waals surface area (Å²) >= 11 is 0. The summed E-state index contributed by atoms with van der Waals surface area (Å²) < 4.78 is 14.1. The first-order valence-electron chi connectivity index (χ1n) is 7.89. The van der Waals surface area contributed by atoms with Crippen LogP contribution in [0.2, 0.25) is 0 Å². The zero-order valence-corrected chi connectivity index (χ0v) is 13.9. The second kappa shape index (κ2) is 7.73. The monoisotopic (exact) mass is 310 g/mol. The van der Waals surface area contributed by atoms with Crippen LogP contribution in [0, 0.1) is 18.2 Å². The van der Waals surface area contributed by atoms with Gasteiger partial charge in [-0.15, -0.1) is 0 Å². The van der Waals surface area contributed by atoms with Crippen molar-refractivity contribution >= 4 is 11.4 Å². The van der Waals surface area contributed by atoms with Gasteiger partial charge in [0.1, 0.15) is 5.82 Å². The van der Waals surface area contributed by atoms with E-state index in [0.717, 1.165) is 40.8 Å². The van der Waals surface area contributed by atoms with Gasteiger partial charge in [0, 0.05) is 17.6 Å². The molecule has 0 aliphatic carbocycles. The SMILES string of the molecule is CCCc1ccc(-c2ccc(C)c(N/C=C\C(C)=N)c2)cc1F. The second-order valence-corrected chi connectivity index (χ2v) is 5.75. The number of aryl methyl sites for hydroxylation is 2. The number of allylic oxidation sites excluding steroid dienone is 1. The number of nitrogens with one attached hydrogen (secondary N) is 2. The van der Waals surface area contributed by atoms with Crippen LogP contribution in [0.25, 0.3) is 11.1 Å². The molecule has 0 spiro atoms. The summed E-state index contributed by atoms with van der Waals surface area (Å²) in [5.41, 5.74) is 5.16. The van der Waals surface area contributed by atoms with Crippen molar-refractivity contribution in [1.29, 1.82) is 5.41 Å². The number of hydrogen-bond donors (Lipinski definition) is 2. The Labute approximate surface area is 137 Å². The lowest BCUT2D eigenvalue weighted by Crippen LogP contribution is -1.94. The molecular formula is C20H23FN2. The summed E-state index contributed by atoms with van der Waals surface area (Å²) in [7, 11) is 0. The molecule has 0 fully saturated rings. The Balaban J connectivity index is 2.29. The van der Waals surface area contributed by atoms with Crippen LogP contribution < -0.4 is 5.32 Å². The van der Waals surface area contributed by atoms with Gasteiger partial charge in [0.2, 0.25) is 0 Å². The molecule has 0 aliphatic rings. The Hall–Kier alpha value is -2.42. The topological polar surface area (TPSA) is 35.9 Å². The van der Waals surface area contributed by atoms with Crippen LogP contribution >= 0.6 is 0 Å². The summed E-state index contributed by atoms with van der Waals surface area (Å²) in [6.45, 7) is 5.79. The van der Waals surface area contributed by atoms with Crippen molar-refractivity contribution < 1.29 is 4.39 Å². The maximum atomic E-state index is 14.1. The first kappa shape index (κ1) is 16.9. The van der Waals surface area contributed by atoms with Crippen LogP contribution in [0.3, 0.4) is 0 Å². The minimum absolute atomic E-state index is 0.140.